The Morgan fingerprint density at radius 2 is 1.70 bits per heavy atom. The van der Waals surface area contributed by atoms with Crippen LogP contribution in [0, 0.1) is 20.8 Å². The lowest BCUT2D eigenvalue weighted by Gasteiger charge is -2.03. The van der Waals surface area contributed by atoms with Gasteiger partial charge in [-0.3, -0.25) is 9.89 Å². The minimum absolute atomic E-state index is 0.343. The lowest BCUT2D eigenvalue weighted by molar-refractivity contribution is 0.0949. The lowest BCUT2D eigenvalue weighted by atomic mass is 10.1. The van der Waals surface area contributed by atoms with Crippen molar-refractivity contribution in [2.24, 2.45) is 5.10 Å². The standard InChI is InChI=1S/C23H22N6O/c1-15-21(18-10-6-4-7-11-18)25-26-22(15)23(30)27-24-14-20-16(2)28-29(17(20)3)19-12-8-5-9-13-19/h4-14H,1-3H3,(H,25,26)(H,27,30). The van der Waals surface area contributed by atoms with E-state index >= 15 is 0 Å². The zero-order valence-corrected chi connectivity index (χ0v) is 17.0. The van der Waals surface area contributed by atoms with Crippen molar-refractivity contribution in [1.82, 2.24) is 25.4 Å². The predicted octanol–water partition coefficient (Wildman–Crippen LogP) is 3.95. The van der Waals surface area contributed by atoms with E-state index in [0.29, 0.717) is 5.69 Å². The van der Waals surface area contributed by atoms with Gasteiger partial charge in [0, 0.05) is 16.7 Å². The van der Waals surface area contributed by atoms with E-state index in [1.165, 1.54) is 0 Å². The third-order valence-corrected chi connectivity index (χ3v) is 4.99. The highest BCUT2D eigenvalue weighted by molar-refractivity contribution is 5.96. The van der Waals surface area contributed by atoms with Crippen LogP contribution in [0.15, 0.2) is 65.8 Å². The zero-order chi connectivity index (χ0) is 21.1. The molecule has 0 aliphatic carbocycles. The first-order chi connectivity index (χ1) is 14.6. The molecule has 0 saturated carbocycles. The molecule has 0 spiro atoms. The van der Waals surface area contributed by atoms with Gasteiger partial charge in [-0.15, -0.1) is 0 Å². The summed E-state index contributed by atoms with van der Waals surface area (Å²) in [7, 11) is 0. The summed E-state index contributed by atoms with van der Waals surface area (Å²) >= 11 is 0. The first-order valence-corrected chi connectivity index (χ1v) is 9.61. The van der Waals surface area contributed by atoms with Crippen LogP contribution in [0.25, 0.3) is 16.9 Å². The number of hydrazone groups is 1. The number of amides is 1. The summed E-state index contributed by atoms with van der Waals surface area (Å²) in [5, 5.41) is 15.8. The van der Waals surface area contributed by atoms with Crippen LogP contribution in [0.3, 0.4) is 0 Å². The van der Waals surface area contributed by atoms with Crippen LogP contribution in [-0.4, -0.2) is 32.1 Å². The summed E-state index contributed by atoms with van der Waals surface area (Å²) in [6.45, 7) is 5.75. The molecule has 0 radical (unpaired) electrons. The molecule has 2 N–H and O–H groups in total. The number of hydrogen-bond donors (Lipinski definition) is 2. The van der Waals surface area contributed by atoms with Crippen molar-refractivity contribution in [1.29, 1.82) is 0 Å². The molecule has 2 aromatic heterocycles. The number of aromatic nitrogens is 4. The summed E-state index contributed by atoms with van der Waals surface area (Å²) in [4.78, 5) is 12.6. The Bertz CT molecular complexity index is 1210. The van der Waals surface area contributed by atoms with Crippen molar-refractivity contribution in [3.63, 3.8) is 0 Å². The number of aryl methyl sites for hydroxylation is 1. The van der Waals surface area contributed by atoms with E-state index < -0.39 is 0 Å². The van der Waals surface area contributed by atoms with E-state index in [0.717, 1.165) is 39.5 Å². The third-order valence-electron chi connectivity index (χ3n) is 4.99. The molecule has 0 unspecified atom stereocenters. The van der Waals surface area contributed by atoms with Gasteiger partial charge in [0.15, 0.2) is 0 Å². The molecular weight excluding hydrogens is 376 g/mol. The number of carbonyl (C=O) groups is 1. The van der Waals surface area contributed by atoms with Crippen molar-refractivity contribution in [2.45, 2.75) is 20.8 Å². The maximum atomic E-state index is 12.6. The molecule has 1 amide bonds. The minimum Gasteiger partial charge on any atom is -0.272 e. The highest BCUT2D eigenvalue weighted by Crippen LogP contribution is 2.22. The number of nitrogens with one attached hydrogen (secondary N) is 2. The number of benzene rings is 2. The second kappa shape index (κ2) is 8.16. The molecule has 2 aromatic carbocycles. The van der Waals surface area contributed by atoms with Crippen LogP contribution in [0.4, 0.5) is 0 Å². The fourth-order valence-electron chi connectivity index (χ4n) is 3.37. The van der Waals surface area contributed by atoms with E-state index in [1.54, 1.807) is 6.21 Å². The monoisotopic (exact) mass is 398 g/mol. The van der Waals surface area contributed by atoms with Gasteiger partial charge in [0.2, 0.25) is 0 Å². The summed E-state index contributed by atoms with van der Waals surface area (Å²) in [6.07, 6.45) is 1.62. The average Bonchev–Trinajstić information content (AvgIpc) is 3.29. The van der Waals surface area contributed by atoms with Gasteiger partial charge >= 0.3 is 0 Å². The van der Waals surface area contributed by atoms with Crippen LogP contribution in [0.1, 0.15) is 33.0 Å². The number of H-pyrrole nitrogens is 1. The van der Waals surface area contributed by atoms with E-state index in [-0.39, 0.29) is 5.91 Å². The van der Waals surface area contributed by atoms with Gasteiger partial charge in [0.1, 0.15) is 5.69 Å². The number of nitrogens with zero attached hydrogens (tertiary/aromatic N) is 4. The molecule has 0 bridgehead atoms. The van der Waals surface area contributed by atoms with Gasteiger partial charge < -0.3 is 0 Å². The Labute approximate surface area is 174 Å². The van der Waals surface area contributed by atoms with E-state index in [4.69, 9.17) is 0 Å². The van der Waals surface area contributed by atoms with E-state index in [2.05, 4.69) is 25.8 Å². The van der Waals surface area contributed by atoms with Gasteiger partial charge in [-0.2, -0.15) is 15.3 Å². The Kier molecular flexibility index (Phi) is 5.26. The minimum atomic E-state index is -0.343. The van der Waals surface area contributed by atoms with Gasteiger partial charge in [-0.1, -0.05) is 48.5 Å². The molecule has 150 valence electrons. The molecule has 0 aliphatic heterocycles. The van der Waals surface area contributed by atoms with Crippen LogP contribution < -0.4 is 5.43 Å². The van der Waals surface area contributed by atoms with Crippen molar-refractivity contribution in [2.75, 3.05) is 0 Å². The van der Waals surface area contributed by atoms with Gasteiger partial charge in [0.05, 0.1) is 29.0 Å². The van der Waals surface area contributed by atoms with Gasteiger partial charge in [-0.25, -0.2) is 10.1 Å². The second-order valence-corrected chi connectivity index (χ2v) is 6.97. The first-order valence-electron chi connectivity index (χ1n) is 9.61. The topological polar surface area (TPSA) is 88.0 Å². The average molecular weight is 398 g/mol. The number of para-hydroxylation sites is 1. The molecule has 4 aromatic rings. The van der Waals surface area contributed by atoms with E-state index in [1.807, 2.05) is 86.1 Å². The second-order valence-electron chi connectivity index (χ2n) is 6.97. The Hall–Kier alpha value is -4.00. The zero-order valence-electron chi connectivity index (χ0n) is 17.0. The molecule has 7 heteroatoms. The van der Waals surface area contributed by atoms with Crippen molar-refractivity contribution >= 4 is 12.1 Å². The number of carbonyl (C=O) groups excluding carboxylic acids is 1. The van der Waals surface area contributed by atoms with Crippen molar-refractivity contribution < 1.29 is 4.79 Å². The highest BCUT2D eigenvalue weighted by Gasteiger charge is 2.17. The molecule has 0 fully saturated rings. The van der Waals surface area contributed by atoms with Crippen LogP contribution in [0.2, 0.25) is 0 Å². The first kappa shape index (κ1) is 19.3. The molecule has 4 rings (SSSR count). The lowest BCUT2D eigenvalue weighted by Crippen LogP contribution is -2.19. The van der Waals surface area contributed by atoms with Gasteiger partial charge in [0.25, 0.3) is 5.91 Å². The number of hydrogen-bond acceptors (Lipinski definition) is 4. The maximum absolute atomic E-state index is 12.6. The third kappa shape index (κ3) is 3.65. The normalized spacial score (nSPS) is 11.2. The summed E-state index contributed by atoms with van der Waals surface area (Å²) in [5.41, 5.74) is 9.06. The predicted molar refractivity (Wildman–Crippen MR) is 117 cm³/mol. The highest BCUT2D eigenvalue weighted by atomic mass is 16.2. The molecule has 0 aliphatic rings. The van der Waals surface area contributed by atoms with Crippen LogP contribution in [-0.2, 0) is 0 Å². The van der Waals surface area contributed by atoms with Crippen molar-refractivity contribution in [3.8, 4) is 16.9 Å². The maximum Gasteiger partial charge on any atom is 0.289 e. The van der Waals surface area contributed by atoms with Crippen LogP contribution in [0.5, 0.6) is 0 Å². The summed E-state index contributed by atoms with van der Waals surface area (Å²) in [5.74, 6) is -0.343. The quantitative estimate of drug-likeness (QED) is 0.394. The largest absolute Gasteiger partial charge is 0.289 e. The Morgan fingerprint density at radius 3 is 2.40 bits per heavy atom. The summed E-state index contributed by atoms with van der Waals surface area (Å²) in [6, 6.07) is 19.6. The Balaban J connectivity index is 1.51. The Morgan fingerprint density at radius 1 is 1.03 bits per heavy atom. The molecule has 2 heterocycles. The fraction of sp³-hybridized carbons (Fsp3) is 0.130. The van der Waals surface area contributed by atoms with Crippen molar-refractivity contribution in [3.05, 3.63) is 88.9 Å². The summed E-state index contributed by atoms with van der Waals surface area (Å²) < 4.78 is 1.86. The number of aromatic amines is 1. The van der Waals surface area contributed by atoms with E-state index in [9.17, 15) is 4.79 Å². The SMILES string of the molecule is Cc1nn(-c2ccccc2)c(C)c1C=NNC(=O)c1[nH]nc(-c2ccccc2)c1C. The molecule has 7 nitrogen and oxygen atoms in total. The molecule has 30 heavy (non-hydrogen) atoms. The molecule has 0 saturated heterocycles. The molecule has 0 atom stereocenters. The number of rotatable bonds is 5. The molecular formula is C23H22N6O. The fourth-order valence-corrected chi connectivity index (χ4v) is 3.37. The smallest absolute Gasteiger partial charge is 0.272 e. The van der Waals surface area contributed by atoms with Gasteiger partial charge in [-0.05, 0) is 32.9 Å². The van der Waals surface area contributed by atoms with Crippen LogP contribution >= 0.6 is 0 Å².